The van der Waals surface area contributed by atoms with Gasteiger partial charge in [-0.25, -0.2) is 4.99 Å². The summed E-state index contributed by atoms with van der Waals surface area (Å²) >= 11 is 5.37. The van der Waals surface area contributed by atoms with E-state index >= 15 is 0 Å². The molecule has 7 heteroatoms. The van der Waals surface area contributed by atoms with Crippen molar-refractivity contribution in [2.45, 2.75) is 0 Å². The molecule has 0 saturated heterocycles. The van der Waals surface area contributed by atoms with Gasteiger partial charge in [-0.1, -0.05) is 0 Å². The zero-order valence-electron chi connectivity index (χ0n) is 7.48. The molecule has 1 rings (SSSR count). The van der Waals surface area contributed by atoms with Gasteiger partial charge in [0, 0.05) is 6.07 Å². The molecule has 0 heterocycles. The van der Waals surface area contributed by atoms with Crippen molar-refractivity contribution >= 4 is 28.8 Å². The van der Waals surface area contributed by atoms with Gasteiger partial charge in [-0.3, -0.25) is 10.1 Å². The van der Waals surface area contributed by atoms with Gasteiger partial charge < -0.3 is 5.73 Å². The van der Waals surface area contributed by atoms with Crippen LogP contribution >= 0.6 is 11.6 Å². The Morgan fingerprint density at radius 3 is 2.87 bits per heavy atom. The first-order valence-electron chi connectivity index (χ1n) is 3.87. The number of hydrogen-bond donors (Lipinski definition) is 1. The number of benzene rings is 1. The van der Waals surface area contributed by atoms with Crippen molar-refractivity contribution in [1.29, 1.82) is 0 Å². The highest BCUT2D eigenvalue weighted by molar-refractivity contribution is 6.28. The Labute approximate surface area is 89.5 Å². The van der Waals surface area contributed by atoms with Crippen LogP contribution in [0.25, 0.3) is 0 Å². The lowest BCUT2D eigenvalue weighted by molar-refractivity contribution is -0.387. The molecule has 0 aliphatic carbocycles. The topological polar surface area (TPSA) is 81.5 Å². The van der Waals surface area contributed by atoms with Crippen LogP contribution in [0.4, 0.5) is 15.8 Å². The Balaban J connectivity index is 3.13. The summed E-state index contributed by atoms with van der Waals surface area (Å²) in [6, 6.07) is 3.23. The third-order valence-electron chi connectivity index (χ3n) is 1.54. The summed E-state index contributed by atoms with van der Waals surface area (Å²) < 4.78 is 12.9. The normalized spacial score (nSPS) is 11.5. The maximum atomic E-state index is 12.9. The molecule has 0 fully saturated rings. The number of aliphatic imine (C=N–C) groups is 1. The van der Waals surface area contributed by atoms with E-state index in [0.717, 1.165) is 12.1 Å². The Hall–Kier alpha value is -1.69. The van der Waals surface area contributed by atoms with Gasteiger partial charge in [0.2, 0.25) is 5.82 Å². The van der Waals surface area contributed by atoms with E-state index in [0.29, 0.717) is 0 Å². The minimum Gasteiger partial charge on any atom is -0.386 e. The SMILES string of the molecule is NC(CCl)=Nc1ccc(F)c([N+](=O)[O-])c1. The van der Waals surface area contributed by atoms with Crippen LogP contribution in [0.15, 0.2) is 23.2 Å². The largest absolute Gasteiger partial charge is 0.386 e. The zero-order chi connectivity index (χ0) is 11.4. The predicted molar refractivity (Wildman–Crippen MR) is 55.1 cm³/mol. The summed E-state index contributed by atoms with van der Waals surface area (Å²) in [6.07, 6.45) is 0. The second-order valence-corrected chi connectivity index (χ2v) is 2.90. The van der Waals surface area contributed by atoms with Gasteiger partial charge in [-0.15, -0.1) is 11.6 Å². The third kappa shape index (κ3) is 2.88. The van der Waals surface area contributed by atoms with Crippen LogP contribution in [0, 0.1) is 15.9 Å². The van der Waals surface area contributed by atoms with E-state index in [4.69, 9.17) is 17.3 Å². The van der Waals surface area contributed by atoms with Gasteiger partial charge in [0.25, 0.3) is 0 Å². The molecular weight excluding hydrogens is 225 g/mol. The molecule has 0 aliphatic rings. The van der Waals surface area contributed by atoms with Gasteiger partial charge in [0.1, 0.15) is 5.84 Å². The first-order chi connectivity index (χ1) is 7.04. The molecule has 0 amide bonds. The van der Waals surface area contributed by atoms with Gasteiger partial charge in [-0.05, 0) is 12.1 Å². The fourth-order valence-electron chi connectivity index (χ4n) is 0.906. The van der Waals surface area contributed by atoms with E-state index in [1.807, 2.05) is 0 Å². The second-order valence-electron chi connectivity index (χ2n) is 2.63. The lowest BCUT2D eigenvalue weighted by atomic mass is 10.3. The maximum absolute atomic E-state index is 12.9. The summed E-state index contributed by atoms with van der Waals surface area (Å²) in [6.45, 7) is 0. The molecule has 0 atom stereocenters. The Kier molecular flexibility index (Phi) is 3.56. The number of nitro benzene ring substituents is 1. The molecule has 5 nitrogen and oxygen atoms in total. The monoisotopic (exact) mass is 231 g/mol. The van der Waals surface area contributed by atoms with Crippen LogP contribution < -0.4 is 5.73 Å². The summed E-state index contributed by atoms with van der Waals surface area (Å²) in [5.74, 6) is -0.800. The van der Waals surface area contributed by atoms with E-state index in [9.17, 15) is 14.5 Å². The predicted octanol–water partition coefficient (Wildman–Crippen LogP) is 1.96. The summed E-state index contributed by atoms with van der Waals surface area (Å²) in [5, 5.41) is 10.4. The first kappa shape index (κ1) is 11.4. The van der Waals surface area contributed by atoms with Crippen LogP contribution in [-0.4, -0.2) is 16.6 Å². The van der Waals surface area contributed by atoms with E-state index in [1.165, 1.54) is 6.07 Å². The number of hydrogen-bond acceptors (Lipinski definition) is 3. The fourth-order valence-corrected chi connectivity index (χ4v) is 0.966. The van der Waals surface area contributed by atoms with Crippen LogP contribution in [0.5, 0.6) is 0 Å². The highest BCUT2D eigenvalue weighted by Gasteiger charge is 2.13. The van der Waals surface area contributed by atoms with Crippen molar-refractivity contribution in [1.82, 2.24) is 0 Å². The minimum absolute atomic E-state index is 0.00513. The minimum atomic E-state index is -0.914. The third-order valence-corrected chi connectivity index (χ3v) is 1.81. The molecule has 0 saturated carbocycles. The van der Waals surface area contributed by atoms with E-state index in [1.54, 1.807) is 0 Å². The van der Waals surface area contributed by atoms with Crippen molar-refractivity contribution in [2.24, 2.45) is 10.7 Å². The van der Waals surface area contributed by atoms with Crippen molar-refractivity contribution < 1.29 is 9.31 Å². The van der Waals surface area contributed by atoms with Crippen molar-refractivity contribution in [3.63, 3.8) is 0 Å². The summed E-state index contributed by atoms with van der Waals surface area (Å²) in [5.41, 5.74) is 4.88. The number of halogens is 2. The highest BCUT2D eigenvalue weighted by Crippen LogP contribution is 2.23. The molecule has 1 aromatic rings. The van der Waals surface area contributed by atoms with Crippen molar-refractivity contribution in [3.8, 4) is 0 Å². The average molecular weight is 232 g/mol. The first-order valence-corrected chi connectivity index (χ1v) is 4.41. The van der Waals surface area contributed by atoms with Crippen molar-refractivity contribution in [3.05, 3.63) is 34.1 Å². The molecule has 1 aromatic carbocycles. The Bertz CT molecular complexity index is 422. The number of nitrogens with two attached hydrogens (primary N) is 1. The Morgan fingerprint density at radius 2 is 2.33 bits per heavy atom. The number of nitro groups is 1. The number of amidine groups is 1. The lowest BCUT2D eigenvalue weighted by Gasteiger charge is -1.97. The number of alkyl halides is 1. The summed E-state index contributed by atoms with van der Waals surface area (Å²) in [4.78, 5) is 13.3. The quantitative estimate of drug-likeness (QED) is 0.284. The van der Waals surface area contributed by atoms with Crippen LogP contribution in [0.1, 0.15) is 0 Å². The molecule has 0 radical (unpaired) electrons. The fraction of sp³-hybridized carbons (Fsp3) is 0.125. The second kappa shape index (κ2) is 4.70. The number of rotatable bonds is 3. The summed E-state index contributed by atoms with van der Waals surface area (Å²) in [7, 11) is 0. The molecule has 80 valence electrons. The van der Waals surface area contributed by atoms with Crippen LogP contribution in [0.3, 0.4) is 0 Å². The lowest BCUT2D eigenvalue weighted by Crippen LogP contribution is -2.12. The smallest absolute Gasteiger partial charge is 0.306 e. The van der Waals surface area contributed by atoms with Gasteiger partial charge in [0.15, 0.2) is 0 Å². The maximum Gasteiger partial charge on any atom is 0.306 e. The van der Waals surface area contributed by atoms with Gasteiger partial charge in [-0.2, -0.15) is 4.39 Å². The molecule has 2 N–H and O–H groups in total. The highest BCUT2D eigenvalue weighted by atomic mass is 35.5. The standard InChI is InChI=1S/C8H7ClFN3O2/c9-4-8(11)12-5-1-2-6(10)7(3-5)13(14)15/h1-3H,4H2,(H2,11,12). The van der Waals surface area contributed by atoms with E-state index < -0.39 is 16.4 Å². The molecule has 0 aromatic heterocycles. The van der Waals surface area contributed by atoms with Gasteiger partial charge >= 0.3 is 5.69 Å². The molecule has 0 unspecified atom stereocenters. The van der Waals surface area contributed by atoms with Crippen LogP contribution in [0.2, 0.25) is 0 Å². The molecule has 0 aliphatic heterocycles. The molecule has 0 spiro atoms. The number of nitrogens with zero attached hydrogens (tertiary/aromatic N) is 2. The van der Waals surface area contributed by atoms with Crippen LogP contribution in [-0.2, 0) is 0 Å². The van der Waals surface area contributed by atoms with E-state index in [-0.39, 0.29) is 17.4 Å². The average Bonchev–Trinajstić information content (AvgIpc) is 2.20. The Morgan fingerprint density at radius 1 is 1.67 bits per heavy atom. The molecule has 0 bridgehead atoms. The van der Waals surface area contributed by atoms with Crippen molar-refractivity contribution in [2.75, 3.05) is 5.88 Å². The zero-order valence-corrected chi connectivity index (χ0v) is 8.24. The van der Waals surface area contributed by atoms with E-state index in [2.05, 4.69) is 4.99 Å². The van der Waals surface area contributed by atoms with Gasteiger partial charge in [0.05, 0.1) is 16.5 Å². The molecule has 15 heavy (non-hydrogen) atoms. The molecular formula is C8H7ClFN3O2.